The zero-order chi connectivity index (χ0) is 39.5. The predicted octanol–water partition coefficient (Wildman–Crippen LogP) is -3.69. The lowest BCUT2D eigenvalue weighted by Crippen LogP contribution is -2.34. The fourth-order valence-electron chi connectivity index (χ4n) is 5.30. The minimum atomic E-state index is -6.42. The molecule has 0 amide bonds. The highest BCUT2D eigenvalue weighted by Crippen LogP contribution is 2.71. The molecule has 298 valence electrons. The maximum atomic E-state index is 12.5. The summed E-state index contributed by atoms with van der Waals surface area (Å²) in [7, 11) is -25.1. The number of aliphatic hydroxyl groups excluding tert-OH is 4. The van der Waals surface area contributed by atoms with Crippen LogP contribution >= 0.6 is 42.4 Å². The Morgan fingerprint density at radius 1 is 0.741 bits per heavy atom. The highest BCUT2D eigenvalue weighted by atomic mass is 35.5. The predicted molar refractivity (Wildman–Crippen MR) is 168 cm³/mol. The summed E-state index contributed by atoms with van der Waals surface area (Å²) in [6.45, 7) is -2.42. The number of pyridine rings is 1. The minimum Gasteiger partial charge on any atom is -0.777 e. The topological polar surface area (TPSA) is 423 Å². The summed E-state index contributed by atoms with van der Waals surface area (Å²) in [5.74, 6) is -0.0345. The summed E-state index contributed by atoms with van der Waals surface area (Å²) < 4.78 is 79.6. The van der Waals surface area contributed by atoms with Gasteiger partial charge in [-0.05, 0) is 6.07 Å². The highest BCUT2D eigenvalue weighted by molar-refractivity contribution is 7.78. The molecular formula is C22H26ClN9O18P4-4. The number of phosphoric acid groups is 2. The molecule has 6 rings (SSSR count). The van der Waals surface area contributed by atoms with Gasteiger partial charge in [0, 0.05) is 6.20 Å². The quantitative estimate of drug-likeness (QED) is 0.0525. The van der Waals surface area contributed by atoms with Crippen molar-refractivity contribution in [1.29, 1.82) is 0 Å². The van der Waals surface area contributed by atoms with Gasteiger partial charge in [0.15, 0.2) is 49.6 Å². The lowest BCUT2D eigenvalue weighted by atomic mass is 10.1. The Morgan fingerprint density at radius 3 is 1.70 bits per heavy atom. The van der Waals surface area contributed by atoms with Crippen molar-refractivity contribution in [3.63, 3.8) is 0 Å². The fraction of sp³-hybridized carbons (Fsp3) is 0.500. The number of fused-ring (bicyclic) bond motifs is 2. The highest BCUT2D eigenvalue weighted by Gasteiger charge is 2.47. The van der Waals surface area contributed by atoms with E-state index in [-0.39, 0.29) is 33.8 Å². The van der Waals surface area contributed by atoms with Gasteiger partial charge in [-0.25, -0.2) is 24.9 Å². The molecule has 2 aliphatic heterocycles. The molecule has 8 N–H and O–H groups in total. The van der Waals surface area contributed by atoms with E-state index in [0.29, 0.717) is 0 Å². The van der Waals surface area contributed by atoms with Crippen LogP contribution < -0.4 is 31.0 Å². The van der Waals surface area contributed by atoms with Crippen LogP contribution in [0.1, 0.15) is 12.5 Å². The van der Waals surface area contributed by atoms with Crippen molar-refractivity contribution < 1.29 is 85.4 Å². The molecule has 0 radical (unpaired) electrons. The molecule has 2 saturated heterocycles. The number of nitrogens with two attached hydrogens (primary N) is 2. The SMILES string of the molecule is Nc1ccnc2c1ncn2[C@@H]1O[C@H](COP(=O)([O-])OP(=O)([O-])C(Cl)P(=O)([O-])OP(=O)([O-])OC[C@@H]2O[C@H](n3cnc4c(N)ncnc43)C(O)C2O)C(O)C1O. The number of aromatic nitrogens is 7. The Bertz CT molecular complexity index is 2080. The second kappa shape index (κ2) is 15.1. The van der Waals surface area contributed by atoms with Gasteiger partial charge >= 0.3 is 0 Å². The molecule has 4 aromatic heterocycles. The minimum absolute atomic E-state index is 0.0345. The van der Waals surface area contributed by atoms with Crippen LogP contribution in [-0.4, -0.2) is 109 Å². The smallest absolute Gasteiger partial charge is 0.272 e. The van der Waals surface area contributed by atoms with E-state index in [4.69, 9.17) is 32.5 Å². The lowest BCUT2D eigenvalue weighted by Gasteiger charge is -2.40. The van der Waals surface area contributed by atoms with E-state index in [1.165, 1.54) is 16.8 Å². The normalized spacial score (nSPS) is 31.2. The van der Waals surface area contributed by atoms with E-state index >= 15 is 0 Å². The van der Waals surface area contributed by atoms with Crippen LogP contribution in [0.4, 0.5) is 11.5 Å². The van der Waals surface area contributed by atoms with E-state index in [9.17, 15) is 58.3 Å². The monoisotopic (exact) mass is 863 g/mol. The lowest BCUT2D eigenvalue weighted by molar-refractivity contribution is -0.236. The Kier molecular flexibility index (Phi) is 11.5. The Balaban J connectivity index is 1.04. The average Bonchev–Trinajstić information content (AvgIpc) is 3.84. The van der Waals surface area contributed by atoms with Gasteiger partial charge in [0.1, 0.15) is 54.0 Å². The molecule has 2 fully saturated rings. The number of hydrogen-bond donors (Lipinski definition) is 6. The van der Waals surface area contributed by atoms with E-state index in [1.807, 2.05) is 0 Å². The summed E-state index contributed by atoms with van der Waals surface area (Å²) >= 11 is 5.41. The molecule has 9 unspecified atom stereocenters. The Labute approximate surface area is 305 Å². The maximum absolute atomic E-state index is 12.5. The number of hydrogen-bond acceptors (Lipinski definition) is 25. The molecule has 27 nitrogen and oxygen atoms in total. The number of nitrogens with zero attached hydrogens (tertiary/aromatic N) is 7. The number of imidazole rings is 2. The van der Waals surface area contributed by atoms with Gasteiger partial charge in [-0.2, -0.15) is 0 Å². The maximum Gasteiger partial charge on any atom is 0.272 e. The van der Waals surface area contributed by atoms with Crippen molar-refractivity contribution in [2.24, 2.45) is 0 Å². The first-order valence-electron chi connectivity index (χ1n) is 14.7. The number of aliphatic hydroxyl groups is 4. The number of rotatable bonds is 14. The van der Waals surface area contributed by atoms with Gasteiger partial charge < -0.3 is 79.1 Å². The number of halogens is 1. The molecule has 0 bridgehead atoms. The molecule has 4 aromatic rings. The molecule has 0 saturated carbocycles. The van der Waals surface area contributed by atoms with Gasteiger partial charge in [0.05, 0.1) is 31.6 Å². The first kappa shape index (κ1) is 41.1. The summed E-state index contributed by atoms with van der Waals surface area (Å²) in [5, 5.41) is 41.8. The average molecular weight is 864 g/mol. The first-order valence-corrected chi connectivity index (χ1v) is 21.3. The van der Waals surface area contributed by atoms with Crippen LogP contribution in [0.5, 0.6) is 0 Å². The van der Waals surface area contributed by atoms with Gasteiger partial charge in [0.2, 0.25) is 0 Å². The Morgan fingerprint density at radius 2 is 1.20 bits per heavy atom. The van der Waals surface area contributed by atoms with Crippen LogP contribution in [-0.2, 0) is 45.4 Å². The van der Waals surface area contributed by atoms with Crippen molar-refractivity contribution in [2.45, 2.75) is 53.9 Å². The van der Waals surface area contributed by atoms with E-state index < -0.39 is 98.0 Å². The molecular weight excluding hydrogens is 838 g/mol. The third kappa shape index (κ3) is 8.12. The van der Waals surface area contributed by atoms with Crippen molar-refractivity contribution in [1.82, 2.24) is 34.1 Å². The number of phosphoric ester groups is 2. The number of ether oxygens (including phenoxy) is 2. The van der Waals surface area contributed by atoms with E-state index in [0.717, 1.165) is 23.5 Å². The van der Waals surface area contributed by atoms with Gasteiger partial charge in [-0.15, -0.1) is 11.6 Å². The summed E-state index contributed by atoms with van der Waals surface area (Å²) in [4.78, 5) is 66.1. The second-order valence-electron chi connectivity index (χ2n) is 11.4. The largest absolute Gasteiger partial charge is 0.777 e. The third-order valence-corrected chi connectivity index (χ3v) is 16.4. The van der Waals surface area contributed by atoms with Crippen molar-refractivity contribution in [2.75, 3.05) is 24.7 Å². The van der Waals surface area contributed by atoms with E-state index in [1.54, 1.807) is 0 Å². The summed E-state index contributed by atoms with van der Waals surface area (Å²) in [5.41, 5.74) is 12.2. The summed E-state index contributed by atoms with van der Waals surface area (Å²) in [6.07, 6.45) is -8.76. The third-order valence-electron chi connectivity index (χ3n) is 7.85. The van der Waals surface area contributed by atoms with Gasteiger partial charge in [0.25, 0.3) is 15.6 Å². The number of alkyl halides is 1. The first-order chi connectivity index (χ1) is 25.1. The molecule has 54 heavy (non-hydrogen) atoms. The van der Waals surface area contributed by atoms with Crippen LogP contribution in [0, 0.1) is 0 Å². The van der Waals surface area contributed by atoms with E-state index in [2.05, 4.69) is 42.6 Å². The molecule has 32 heteroatoms. The van der Waals surface area contributed by atoms with Crippen molar-refractivity contribution >= 4 is 76.3 Å². The Hall–Kier alpha value is -2.58. The second-order valence-corrected chi connectivity index (χ2v) is 19.7. The molecule has 0 aliphatic carbocycles. The molecule has 6 heterocycles. The van der Waals surface area contributed by atoms with Crippen LogP contribution in [0.15, 0.2) is 31.2 Å². The van der Waals surface area contributed by atoms with Gasteiger partial charge in [-0.3, -0.25) is 26.9 Å². The summed E-state index contributed by atoms with van der Waals surface area (Å²) in [6, 6.07) is 1.44. The van der Waals surface area contributed by atoms with Crippen molar-refractivity contribution in [3.05, 3.63) is 31.2 Å². The van der Waals surface area contributed by atoms with Crippen LogP contribution in [0.2, 0.25) is 0 Å². The van der Waals surface area contributed by atoms with Gasteiger partial charge in [-0.1, -0.05) is 0 Å². The van der Waals surface area contributed by atoms with Crippen LogP contribution in [0.3, 0.4) is 0 Å². The number of anilines is 2. The fourth-order valence-corrected chi connectivity index (χ4v) is 12.0. The van der Waals surface area contributed by atoms with Crippen LogP contribution in [0.25, 0.3) is 22.3 Å². The number of nitrogen functional groups attached to an aromatic ring is 2. The van der Waals surface area contributed by atoms with Crippen molar-refractivity contribution in [3.8, 4) is 0 Å². The molecule has 13 atom stereocenters. The standard InChI is InChI=1S/C22H30ClN9O18P4/c23-22(51(37,38)49-53(41,42)45-3-9-13(33)15(35)20(47-9)31-6-29-11-8(24)1-2-26-18(11)31)52(39,40)50-54(43,44)46-4-10-14(34)16(36)21(48-10)32-7-30-12-17(25)27-5-28-19(12)32/h1-2,5-7,9-10,13-16,20-22,33-36H,3-4H2,(H2,24,26)(H,37,38)(H,39,40)(H,41,42)(H,43,44)(H2,25,27,28)/p-4/t9-,10+,13?,14?,15?,16?,20-,21+,22?/m1/s1. The molecule has 0 aromatic carbocycles. The molecule has 0 spiro atoms. The zero-order valence-electron chi connectivity index (χ0n) is 26.5. The zero-order valence-corrected chi connectivity index (χ0v) is 30.8. The molecule has 2 aliphatic rings.